The Labute approximate surface area is 240 Å². The van der Waals surface area contributed by atoms with Crippen molar-refractivity contribution in [2.75, 3.05) is 6.61 Å². The number of ether oxygens (including phenoxy) is 2. The number of fused-ring (bicyclic) bond motifs is 3. The molecule has 39 heavy (non-hydrogen) atoms. The summed E-state index contributed by atoms with van der Waals surface area (Å²) in [4.78, 5) is 40.1. The van der Waals surface area contributed by atoms with E-state index in [1.807, 2.05) is 22.6 Å². The van der Waals surface area contributed by atoms with E-state index in [-0.39, 0.29) is 36.0 Å². The van der Waals surface area contributed by atoms with Crippen molar-refractivity contribution in [2.45, 2.75) is 86.0 Å². The molecule has 2 fully saturated rings. The first kappa shape index (κ1) is 30.1. The topological polar surface area (TPSA) is 171 Å². The Bertz CT molecular complexity index is 1200. The molecular formula is C28H35IO10. The summed E-state index contributed by atoms with van der Waals surface area (Å²) in [6.45, 7) is 4.78. The van der Waals surface area contributed by atoms with Crippen LogP contribution in [0.1, 0.15) is 57.3 Å². The molecule has 10 nitrogen and oxygen atoms in total. The minimum absolute atomic E-state index is 0.0506. The van der Waals surface area contributed by atoms with Crippen molar-refractivity contribution in [1.82, 2.24) is 0 Å². The number of carbonyl (C=O) groups excluding carboxylic acids is 3. The van der Waals surface area contributed by atoms with Gasteiger partial charge in [0.15, 0.2) is 5.78 Å². The van der Waals surface area contributed by atoms with Crippen molar-refractivity contribution >= 4 is 40.3 Å². The number of benzene rings is 1. The lowest BCUT2D eigenvalue weighted by molar-refractivity contribution is -0.254. The lowest BCUT2D eigenvalue weighted by Crippen LogP contribution is -2.76. The van der Waals surface area contributed by atoms with E-state index in [1.165, 1.54) is 19.1 Å². The number of ketones is 1. The fourth-order valence-corrected chi connectivity index (χ4v) is 8.26. The molecule has 0 heterocycles. The highest BCUT2D eigenvalue weighted by atomic mass is 127. The van der Waals surface area contributed by atoms with E-state index in [4.69, 9.17) is 9.47 Å². The van der Waals surface area contributed by atoms with Crippen molar-refractivity contribution < 1.29 is 49.4 Å². The van der Waals surface area contributed by atoms with Gasteiger partial charge in [0.1, 0.15) is 23.4 Å². The molecule has 3 aliphatic carbocycles. The van der Waals surface area contributed by atoms with Gasteiger partial charge in [-0.2, -0.15) is 0 Å². The fraction of sp³-hybridized carbons (Fsp3) is 0.607. The molecule has 1 aromatic rings. The summed E-state index contributed by atoms with van der Waals surface area (Å²) in [7, 11) is 0. The predicted molar refractivity (Wildman–Crippen MR) is 146 cm³/mol. The van der Waals surface area contributed by atoms with E-state index >= 15 is 0 Å². The third-order valence-corrected chi connectivity index (χ3v) is 10.7. The molecule has 4 rings (SSSR count). The molecule has 0 saturated heterocycles. The molecule has 9 atom stereocenters. The maximum absolute atomic E-state index is 14.2. The first-order chi connectivity index (χ1) is 18.1. The number of hydrogen-bond acceptors (Lipinski definition) is 10. The van der Waals surface area contributed by atoms with Crippen molar-refractivity contribution in [3.8, 4) is 0 Å². The summed E-state index contributed by atoms with van der Waals surface area (Å²) in [6, 6.07) is 7.93. The van der Waals surface area contributed by atoms with Gasteiger partial charge in [0.2, 0.25) is 0 Å². The molecule has 0 radical (unpaired) electrons. The van der Waals surface area contributed by atoms with Crippen LogP contribution in [-0.2, 0) is 19.1 Å². The maximum atomic E-state index is 14.2. The monoisotopic (exact) mass is 658 g/mol. The Morgan fingerprint density at radius 3 is 2.31 bits per heavy atom. The molecule has 11 heteroatoms. The normalized spacial score (nSPS) is 42.2. The van der Waals surface area contributed by atoms with Crippen molar-refractivity contribution in [3.05, 3.63) is 47.0 Å². The summed E-state index contributed by atoms with van der Waals surface area (Å²) in [5.74, 6) is -4.04. The van der Waals surface area contributed by atoms with Gasteiger partial charge in [-0.3, -0.25) is 9.59 Å². The highest BCUT2D eigenvalue weighted by molar-refractivity contribution is 14.1. The molecule has 214 valence electrons. The van der Waals surface area contributed by atoms with E-state index in [1.54, 1.807) is 32.0 Å². The van der Waals surface area contributed by atoms with Gasteiger partial charge in [-0.25, -0.2) is 4.79 Å². The van der Waals surface area contributed by atoms with E-state index in [2.05, 4.69) is 0 Å². The van der Waals surface area contributed by atoms with Crippen LogP contribution in [0.25, 0.3) is 0 Å². The summed E-state index contributed by atoms with van der Waals surface area (Å²) in [6.07, 6.45) is -6.83. The van der Waals surface area contributed by atoms with Crippen LogP contribution in [0.4, 0.5) is 0 Å². The van der Waals surface area contributed by atoms with Gasteiger partial charge in [0.05, 0.1) is 39.1 Å². The quantitative estimate of drug-likeness (QED) is 0.137. The summed E-state index contributed by atoms with van der Waals surface area (Å²) < 4.78 is 10.3. The number of aliphatic hydroxyl groups is 5. The van der Waals surface area contributed by atoms with Crippen LogP contribution < -0.4 is 0 Å². The highest BCUT2D eigenvalue weighted by Gasteiger charge is 2.73. The van der Waals surface area contributed by atoms with Gasteiger partial charge in [-0.15, -0.1) is 0 Å². The first-order valence-electron chi connectivity index (χ1n) is 12.9. The van der Waals surface area contributed by atoms with Crippen molar-refractivity contribution in [2.24, 2.45) is 11.3 Å². The van der Waals surface area contributed by atoms with Gasteiger partial charge in [-0.05, 0) is 56.9 Å². The van der Waals surface area contributed by atoms with Gasteiger partial charge in [-0.1, -0.05) is 40.8 Å². The predicted octanol–water partition coefficient (Wildman–Crippen LogP) is 1.23. The molecule has 5 N–H and O–H groups in total. The first-order valence-corrected chi connectivity index (χ1v) is 13.9. The maximum Gasteiger partial charge on any atom is 0.338 e. The lowest BCUT2D eigenvalue weighted by atomic mass is 9.48. The number of halogens is 1. The Morgan fingerprint density at radius 1 is 1.13 bits per heavy atom. The van der Waals surface area contributed by atoms with Crippen LogP contribution in [0.15, 0.2) is 41.5 Å². The van der Waals surface area contributed by atoms with Crippen molar-refractivity contribution in [3.63, 3.8) is 0 Å². The molecule has 2 saturated carbocycles. The summed E-state index contributed by atoms with van der Waals surface area (Å²) in [5.41, 5.74) is -5.52. The van der Waals surface area contributed by atoms with Crippen LogP contribution >= 0.6 is 22.6 Å². The zero-order chi connectivity index (χ0) is 29.1. The Balaban J connectivity index is 2.08. The Kier molecular flexibility index (Phi) is 7.85. The second-order valence-electron chi connectivity index (χ2n) is 11.3. The largest absolute Gasteiger partial charge is 0.456 e. The molecule has 0 unspecified atom stereocenters. The van der Waals surface area contributed by atoms with Gasteiger partial charge in [0.25, 0.3) is 0 Å². The van der Waals surface area contributed by atoms with Gasteiger partial charge >= 0.3 is 11.9 Å². The number of carbonyl (C=O) groups is 3. The Morgan fingerprint density at radius 2 is 1.74 bits per heavy atom. The minimum atomic E-state index is -2.16. The molecule has 0 amide bonds. The number of rotatable bonds is 4. The zero-order valence-electron chi connectivity index (χ0n) is 22.3. The van der Waals surface area contributed by atoms with E-state index in [0.717, 1.165) is 6.92 Å². The molecule has 0 spiro atoms. The van der Waals surface area contributed by atoms with E-state index in [0.29, 0.717) is 0 Å². The second-order valence-corrected chi connectivity index (χ2v) is 13.5. The summed E-state index contributed by atoms with van der Waals surface area (Å²) >= 11 is 1.88. The molecule has 2 bridgehead atoms. The highest BCUT2D eigenvalue weighted by Crippen LogP contribution is 2.61. The van der Waals surface area contributed by atoms with Crippen LogP contribution in [0.2, 0.25) is 0 Å². The average Bonchev–Trinajstić information content (AvgIpc) is 2.88. The van der Waals surface area contributed by atoms with Gasteiger partial charge in [0, 0.05) is 13.3 Å². The number of Topliss-reactive ketones (excluding diaryl/α,β-unsaturated/α-hetero) is 1. The third kappa shape index (κ3) is 4.36. The molecule has 0 aliphatic heterocycles. The molecule has 3 aliphatic rings. The third-order valence-electron chi connectivity index (χ3n) is 9.18. The number of aliphatic hydroxyl groups excluding tert-OH is 4. The van der Waals surface area contributed by atoms with Crippen LogP contribution in [0.5, 0.6) is 0 Å². The van der Waals surface area contributed by atoms with E-state index < -0.39 is 74.7 Å². The van der Waals surface area contributed by atoms with Crippen LogP contribution in [0, 0.1) is 11.3 Å². The average molecular weight is 658 g/mol. The van der Waals surface area contributed by atoms with Crippen LogP contribution in [0.3, 0.4) is 0 Å². The molecular weight excluding hydrogens is 623 g/mol. The zero-order valence-corrected chi connectivity index (χ0v) is 24.4. The Hall–Kier alpha value is -1.90. The van der Waals surface area contributed by atoms with Crippen molar-refractivity contribution in [1.29, 1.82) is 0 Å². The van der Waals surface area contributed by atoms with Crippen LogP contribution in [-0.4, -0.2) is 88.9 Å². The standard InChI is InChI=1S/C28H35IO10/c1-14-17(32)12-28(37)23(38-24(36)16-8-6-5-7-9-16)21-25(3,22(35)20(34)19(14)26(28,4)29)18(33)10-11-27(21,13-30)39-15(2)31/h5-9,17-18,20-21,23,30,32-34,37H,10-13H2,1-4H3/t17-,18-,20+,21-,23-,25+,26-,27+,28+/m0/s1. The molecule has 1 aromatic carbocycles. The number of esters is 2. The lowest BCUT2D eigenvalue weighted by Gasteiger charge is -2.63. The number of alkyl halides is 1. The minimum Gasteiger partial charge on any atom is -0.456 e. The van der Waals surface area contributed by atoms with E-state index in [9.17, 15) is 39.9 Å². The number of hydrogen-bond donors (Lipinski definition) is 5. The summed E-state index contributed by atoms with van der Waals surface area (Å²) in [5, 5.41) is 57.2. The SMILES string of the molecule is CC(=O)O[C@@]1(CO)CC[C@H](O)[C@@]2(C)C(=O)[C@H](O)C3=C(C)[C@@H](O)C[C@@](O)([C@@H](OC(=O)c4ccccc4)[C@H]12)[C@@]3(C)I. The second kappa shape index (κ2) is 10.2. The van der Waals surface area contributed by atoms with Gasteiger partial charge < -0.3 is 35.0 Å². The fourth-order valence-electron chi connectivity index (χ4n) is 7.01. The molecule has 0 aromatic heterocycles. The smallest absolute Gasteiger partial charge is 0.338 e.